The predicted octanol–water partition coefficient (Wildman–Crippen LogP) is 3.40. The normalized spacial score (nSPS) is 13.9. The fourth-order valence-corrected chi connectivity index (χ4v) is 1.41. The minimum Gasteiger partial charge on any atom is -0.119 e. The summed E-state index contributed by atoms with van der Waals surface area (Å²) in [5, 5.41) is 0. The zero-order valence-electron chi connectivity index (χ0n) is 8.20. The van der Waals surface area contributed by atoms with Crippen molar-refractivity contribution in [3.05, 3.63) is 77.8 Å². The third-order valence-electron chi connectivity index (χ3n) is 2.08. The Morgan fingerprint density at radius 1 is 1.14 bits per heavy atom. The van der Waals surface area contributed by atoms with Crippen molar-refractivity contribution in [2.75, 3.05) is 0 Å². The van der Waals surface area contributed by atoms with Crippen LogP contribution in [0.15, 0.2) is 54.1 Å². The first kappa shape index (κ1) is 8.89. The molecule has 0 amide bonds. The van der Waals surface area contributed by atoms with E-state index in [4.69, 9.17) is 0 Å². The topological polar surface area (TPSA) is 0 Å². The molecule has 0 heteroatoms. The van der Waals surface area contributed by atoms with Crippen molar-refractivity contribution >= 4 is 0 Å². The molecule has 0 atom stereocenters. The van der Waals surface area contributed by atoms with Crippen LogP contribution >= 0.6 is 0 Å². The highest BCUT2D eigenvalue weighted by Crippen LogP contribution is 2.11. The molecule has 14 heavy (non-hydrogen) atoms. The molecule has 0 aliphatic heterocycles. The lowest BCUT2D eigenvalue weighted by Crippen LogP contribution is -1.82. The zero-order valence-corrected chi connectivity index (χ0v) is 8.20. The quantitative estimate of drug-likeness (QED) is 0.581. The average molecular weight is 180 g/mol. The van der Waals surface area contributed by atoms with Gasteiger partial charge in [-0.25, -0.2) is 0 Å². The van der Waals surface area contributed by atoms with Crippen LogP contribution in [0.25, 0.3) is 0 Å². The molecule has 0 nitrogen and oxygen atoms in total. The molecule has 1 aliphatic carbocycles. The maximum absolute atomic E-state index is 3.34. The molecule has 0 heterocycles. The monoisotopic (exact) mass is 180 g/mol. The number of benzene rings is 1. The van der Waals surface area contributed by atoms with Crippen molar-refractivity contribution in [1.82, 2.24) is 0 Å². The van der Waals surface area contributed by atoms with Gasteiger partial charge in [0, 0.05) is 30.7 Å². The van der Waals surface area contributed by atoms with Crippen molar-refractivity contribution in [2.45, 2.75) is 6.92 Å². The Hall–Kier alpha value is -1.69. The van der Waals surface area contributed by atoms with Crippen LogP contribution in [0.3, 0.4) is 0 Å². The largest absolute Gasteiger partial charge is 0.119 e. The second-order valence-corrected chi connectivity index (χ2v) is 3.36. The van der Waals surface area contributed by atoms with Crippen molar-refractivity contribution in [3.63, 3.8) is 0 Å². The predicted molar refractivity (Wildman–Crippen MR) is 59.6 cm³/mol. The molecule has 1 aliphatic rings. The highest BCUT2D eigenvalue weighted by atomic mass is 14.0. The van der Waals surface area contributed by atoms with E-state index in [2.05, 4.69) is 49.4 Å². The van der Waals surface area contributed by atoms with Crippen LogP contribution in [0, 0.1) is 19.4 Å². The summed E-state index contributed by atoms with van der Waals surface area (Å²) < 4.78 is 0. The molecule has 0 radical (unpaired) electrons. The van der Waals surface area contributed by atoms with Gasteiger partial charge in [0.05, 0.1) is 5.57 Å². The van der Waals surface area contributed by atoms with E-state index in [0.29, 0.717) is 0 Å². The first-order valence-electron chi connectivity index (χ1n) is 4.73. The van der Waals surface area contributed by atoms with E-state index in [1.54, 1.807) is 0 Å². The van der Waals surface area contributed by atoms with Gasteiger partial charge in [-0.1, -0.05) is 23.8 Å². The maximum atomic E-state index is 3.34. The average Bonchev–Trinajstić information content (AvgIpc) is 2.19. The molecular formula is C14H12. The summed E-state index contributed by atoms with van der Waals surface area (Å²) in [6, 6.07) is 8.35. The Kier molecular flexibility index (Phi) is 2.55. The van der Waals surface area contributed by atoms with Gasteiger partial charge in [0.25, 0.3) is 0 Å². The lowest BCUT2D eigenvalue weighted by molar-refractivity contribution is 1.41. The fourth-order valence-electron chi connectivity index (χ4n) is 1.41. The molecule has 68 valence electrons. The molecule has 1 aromatic rings. The summed E-state index contributed by atoms with van der Waals surface area (Å²) in [6.07, 6.45) is 13.5. The van der Waals surface area contributed by atoms with Gasteiger partial charge in [0.1, 0.15) is 0 Å². The number of aryl methyl sites for hydroxylation is 1. The van der Waals surface area contributed by atoms with E-state index >= 15 is 0 Å². The summed E-state index contributed by atoms with van der Waals surface area (Å²) in [5.41, 5.74) is 3.53. The Labute approximate surface area is 85.3 Å². The van der Waals surface area contributed by atoms with Crippen molar-refractivity contribution in [2.24, 2.45) is 0 Å². The van der Waals surface area contributed by atoms with Gasteiger partial charge < -0.3 is 0 Å². The molecule has 0 saturated heterocycles. The molecule has 0 spiro atoms. The molecular weight excluding hydrogens is 168 g/mol. The van der Waals surface area contributed by atoms with E-state index in [-0.39, 0.29) is 0 Å². The van der Waals surface area contributed by atoms with Gasteiger partial charge in [-0.15, -0.1) is 17.7 Å². The highest BCUT2D eigenvalue weighted by Gasteiger charge is 1.97. The smallest absolute Gasteiger partial charge is 0.0522 e. The molecule has 0 fully saturated rings. The second-order valence-electron chi connectivity index (χ2n) is 3.36. The van der Waals surface area contributed by atoms with Gasteiger partial charge in [-0.05, 0) is 6.92 Å². The van der Waals surface area contributed by atoms with Crippen LogP contribution in [0.5, 0.6) is 0 Å². The van der Waals surface area contributed by atoms with Crippen LogP contribution < -0.4 is 0 Å². The van der Waals surface area contributed by atoms with Gasteiger partial charge >= 0.3 is 0 Å². The molecule has 0 bridgehead atoms. The van der Waals surface area contributed by atoms with Crippen LogP contribution in [-0.4, -0.2) is 0 Å². The van der Waals surface area contributed by atoms with Crippen LogP contribution in [-0.2, 0) is 0 Å². The van der Waals surface area contributed by atoms with E-state index in [1.807, 2.05) is 18.6 Å². The Balaban J connectivity index is 2.28. The first-order chi connectivity index (χ1) is 6.84. The van der Waals surface area contributed by atoms with Gasteiger partial charge in [0.15, 0.2) is 0 Å². The van der Waals surface area contributed by atoms with E-state index in [1.165, 1.54) is 5.56 Å². The molecule has 0 saturated carbocycles. The first-order valence-corrected chi connectivity index (χ1v) is 4.73. The van der Waals surface area contributed by atoms with E-state index in [9.17, 15) is 0 Å². The summed E-state index contributed by atoms with van der Waals surface area (Å²) in [4.78, 5) is 0. The van der Waals surface area contributed by atoms with Crippen molar-refractivity contribution in [3.8, 4) is 0 Å². The van der Waals surface area contributed by atoms with Crippen LogP contribution in [0.4, 0.5) is 0 Å². The lowest BCUT2D eigenvalue weighted by Gasteiger charge is -2.01. The SMILES string of the molecule is Cc1cccc([C-]=C2C=C[CH+]C=C2)c1. The number of hydrogen-bond acceptors (Lipinski definition) is 0. The van der Waals surface area contributed by atoms with Gasteiger partial charge in [0.2, 0.25) is 0 Å². The van der Waals surface area contributed by atoms with Crippen molar-refractivity contribution in [1.29, 1.82) is 0 Å². The molecule has 2 rings (SSSR count). The summed E-state index contributed by atoms with van der Waals surface area (Å²) >= 11 is 0. The third kappa shape index (κ3) is 2.17. The Morgan fingerprint density at radius 2 is 1.93 bits per heavy atom. The zero-order chi connectivity index (χ0) is 9.80. The van der Waals surface area contributed by atoms with Crippen LogP contribution in [0.1, 0.15) is 11.1 Å². The second kappa shape index (κ2) is 4.01. The number of rotatable bonds is 1. The van der Waals surface area contributed by atoms with Gasteiger partial charge in [-0.3, -0.25) is 0 Å². The maximum Gasteiger partial charge on any atom is 0.0522 e. The third-order valence-corrected chi connectivity index (χ3v) is 2.08. The molecule has 0 unspecified atom stereocenters. The summed E-state index contributed by atoms with van der Waals surface area (Å²) in [7, 11) is 0. The van der Waals surface area contributed by atoms with E-state index in [0.717, 1.165) is 11.1 Å². The minimum absolute atomic E-state index is 1.12. The van der Waals surface area contributed by atoms with E-state index < -0.39 is 0 Å². The molecule has 0 aromatic heterocycles. The lowest BCUT2D eigenvalue weighted by atomic mass is 10.0. The fraction of sp³-hybridized carbons (Fsp3) is 0.0714. The summed E-state index contributed by atoms with van der Waals surface area (Å²) in [5.74, 6) is 0. The molecule has 0 N–H and O–H groups in total. The highest BCUT2D eigenvalue weighted by molar-refractivity contribution is 5.41. The minimum atomic E-state index is 1.12. The standard InChI is InChI=1S/C14H12/c1-12-6-5-9-14(10-12)11-13-7-3-2-4-8-13/h2-10H,1H3. The number of hydrogen-bond donors (Lipinski definition) is 0. The number of allylic oxidation sites excluding steroid dienone is 5. The Bertz CT molecular complexity index is 392. The van der Waals surface area contributed by atoms with Gasteiger partial charge in [-0.2, -0.15) is 0 Å². The Morgan fingerprint density at radius 3 is 2.64 bits per heavy atom. The van der Waals surface area contributed by atoms with Crippen molar-refractivity contribution < 1.29 is 0 Å². The summed E-state index contributed by atoms with van der Waals surface area (Å²) in [6.45, 7) is 2.09. The molecule has 1 aromatic carbocycles. The van der Waals surface area contributed by atoms with Crippen LogP contribution in [0.2, 0.25) is 0 Å².